The molecule has 1 nitrogen and oxygen atoms in total. The van der Waals surface area contributed by atoms with E-state index >= 15 is 0 Å². The van der Waals surface area contributed by atoms with Gasteiger partial charge in [-0.15, -0.1) is 0 Å². The van der Waals surface area contributed by atoms with Gasteiger partial charge in [-0.2, -0.15) is 0 Å². The van der Waals surface area contributed by atoms with Gasteiger partial charge in [0, 0.05) is 0 Å². The predicted octanol–water partition coefficient (Wildman–Crippen LogP) is 4.36. The summed E-state index contributed by atoms with van der Waals surface area (Å²) in [5.74, 6) is 0. The van der Waals surface area contributed by atoms with E-state index in [1.165, 1.54) is 42.4 Å². The highest BCUT2D eigenvalue weighted by Crippen LogP contribution is 2.32. The molecular formula is C15H22O. The summed E-state index contributed by atoms with van der Waals surface area (Å²) in [7, 11) is 0. The van der Waals surface area contributed by atoms with E-state index in [4.69, 9.17) is 0 Å². The first-order valence-electron chi connectivity index (χ1n) is 6.12. The lowest BCUT2D eigenvalue weighted by molar-refractivity contribution is -0.104. The van der Waals surface area contributed by atoms with Crippen molar-refractivity contribution in [3.8, 4) is 0 Å². The molecule has 1 aliphatic rings. The van der Waals surface area contributed by atoms with Gasteiger partial charge < -0.3 is 0 Å². The van der Waals surface area contributed by atoms with Crippen molar-refractivity contribution in [2.24, 2.45) is 0 Å². The van der Waals surface area contributed by atoms with Crippen LogP contribution in [0.1, 0.15) is 52.9 Å². The summed E-state index contributed by atoms with van der Waals surface area (Å²) in [6.07, 6.45) is 10.4. The quantitative estimate of drug-likeness (QED) is 0.506. The summed E-state index contributed by atoms with van der Waals surface area (Å²) < 4.78 is 0. The maximum atomic E-state index is 10.3. The minimum atomic E-state index is 0.858. The minimum Gasteiger partial charge on any atom is -0.299 e. The molecule has 0 aromatic rings. The SMILES string of the molecule is CC(C)=C(C)C1=C(C/C=C/C=O)CCCC1. The Balaban J connectivity index is 2.91. The van der Waals surface area contributed by atoms with Gasteiger partial charge in [0.15, 0.2) is 0 Å². The van der Waals surface area contributed by atoms with Crippen LogP contribution in [0.25, 0.3) is 0 Å². The van der Waals surface area contributed by atoms with Crippen molar-refractivity contribution >= 4 is 6.29 Å². The number of aldehydes is 1. The molecule has 0 aromatic heterocycles. The van der Waals surface area contributed by atoms with E-state index in [1.54, 1.807) is 11.6 Å². The number of allylic oxidation sites excluding steroid dienone is 6. The lowest BCUT2D eigenvalue weighted by Crippen LogP contribution is -2.02. The topological polar surface area (TPSA) is 17.1 Å². The van der Waals surface area contributed by atoms with Gasteiger partial charge in [0.1, 0.15) is 6.29 Å². The van der Waals surface area contributed by atoms with E-state index < -0.39 is 0 Å². The molecule has 1 rings (SSSR count). The second-order valence-corrected chi connectivity index (χ2v) is 4.68. The van der Waals surface area contributed by atoms with Crippen LogP contribution in [0.15, 0.2) is 34.4 Å². The average molecular weight is 218 g/mol. The van der Waals surface area contributed by atoms with Crippen LogP contribution in [0.5, 0.6) is 0 Å². The van der Waals surface area contributed by atoms with E-state index in [1.807, 2.05) is 6.08 Å². The largest absolute Gasteiger partial charge is 0.299 e. The van der Waals surface area contributed by atoms with Gasteiger partial charge in [0.25, 0.3) is 0 Å². The second kappa shape index (κ2) is 6.47. The number of hydrogen-bond acceptors (Lipinski definition) is 1. The van der Waals surface area contributed by atoms with E-state index in [2.05, 4.69) is 20.8 Å². The molecule has 0 saturated carbocycles. The molecule has 0 aromatic carbocycles. The highest BCUT2D eigenvalue weighted by Gasteiger charge is 2.13. The van der Waals surface area contributed by atoms with Crippen molar-refractivity contribution in [1.82, 2.24) is 0 Å². The molecule has 0 saturated heterocycles. The number of rotatable bonds is 4. The Morgan fingerprint density at radius 3 is 2.50 bits per heavy atom. The Kier molecular flexibility index (Phi) is 5.24. The standard InChI is InChI=1S/C15H22O/c1-12(2)13(3)15-10-5-4-8-14(15)9-6-7-11-16/h6-7,11H,4-5,8-10H2,1-3H3/b7-6+. The van der Waals surface area contributed by atoms with Gasteiger partial charge in [-0.25, -0.2) is 0 Å². The molecule has 0 N–H and O–H groups in total. The summed E-state index contributed by atoms with van der Waals surface area (Å²) in [5.41, 5.74) is 5.94. The van der Waals surface area contributed by atoms with Crippen LogP contribution in [0.2, 0.25) is 0 Å². The number of carbonyl (C=O) groups excluding carboxylic acids is 1. The fraction of sp³-hybridized carbons (Fsp3) is 0.533. The predicted molar refractivity (Wildman–Crippen MR) is 69.4 cm³/mol. The zero-order valence-corrected chi connectivity index (χ0v) is 10.7. The molecule has 0 atom stereocenters. The molecule has 0 fully saturated rings. The minimum absolute atomic E-state index is 0.858. The molecule has 1 heteroatoms. The van der Waals surface area contributed by atoms with Crippen LogP contribution in [0, 0.1) is 0 Å². The zero-order valence-electron chi connectivity index (χ0n) is 10.7. The Morgan fingerprint density at radius 1 is 1.19 bits per heavy atom. The van der Waals surface area contributed by atoms with Crippen molar-refractivity contribution in [2.45, 2.75) is 52.9 Å². The lowest BCUT2D eigenvalue weighted by Gasteiger charge is -2.21. The first-order valence-corrected chi connectivity index (χ1v) is 6.12. The number of hydrogen-bond donors (Lipinski definition) is 0. The van der Waals surface area contributed by atoms with Crippen molar-refractivity contribution < 1.29 is 4.79 Å². The fourth-order valence-electron chi connectivity index (χ4n) is 2.21. The van der Waals surface area contributed by atoms with E-state index in [0.717, 1.165) is 12.7 Å². The van der Waals surface area contributed by atoms with Crippen LogP contribution in [0.3, 0.4) is 0 Å². The Labute approximate surface area is 98.9 Å². The highest BCUT2D eigenvalue weighted by atomic mass is 16.1. The third-order valence-electron chi connectivity index (χ3n) is 3.36. The molecule has 0 bridgehead atoms. The lowest BCUT2D eigenvalue weighted by atomic mass is 9.85. The third kappa shape index (κ3) is 3.48. The van der Waals surface area contributed by atoms with Crippen molar-refractivity contribution in [2.75, 3.05) is 0 Å². The molecule has 0 unspecified atom stereocenters. The van der Waals surface area contributed by atoms with Crippen molar-refractivity contribution in [3.05, 3.63) is 34.4 Å². The molecule has 0 amide bonds. The number of carbonyl (C=O) groups is 1. The van der Waals surface area contributed by atoms with Gasteiger partial charge in [-0.05, 0) is 70.1 Å². The molecule has 0 spiro atoms. The Morgan fingerprint density at radius 2 is 1.88 bits per heavy atom. The molecule has 0 aliphatic heterocycles. The summed E-state index contributed by atoms with van der Waals surface area (Å²) in [6, 6.07) is 0. The fourth-order valence-corrected chi connectivity index (χ4v) is 2.21. The van der Waals surface area contributed by atoms with Gasteiger partial charge in [0.2, 0.25) is 0 Å². The van der Waals surface area contributed by atoms with Gasteiger partial charge in [0.05, 0.1) is 0 Å². The third-order valence-corrected chi connectivity index (χ3v) is 3.36. The van der Waals surface area contributed by atoms with Crippen LogP contribution < -0.4 is 0 Å². The van der Waals surface area contributed by atoms with E-state index in [0.29, 0.717) is 0 Å². The zero-order chi connectivity index (χ0) is 12.0. The van der Waals surface area contributed by atoms with Crippen LogP contribution >= 0.6 is 0 Å². The summed E-state index contributed by atoms with van der Waals surface area (Å²) in [4.78, 5) is 10.3. The smallest absolute Gasteiger partial charge is 0.142 e. The van der Waals surface area contributed by atoms with Crippen LogP contribution in [-0.2, 0) is 4.79 Å². The molecular weight excluding hydrogens is 196 g/mol. The van der Waals surface area contributed by atoms with Crippen molar-refractivity contribution in [3.63, 3.8) is 0 Å². The monoisotopic (exact) mass is 218 g/mol. The van der Waals surface area contributed by atoms with Gasteiger partial charge >= 0.3 is 0 Å². The van der Waals surface area contributed by atoms with E-state index in [-0.39, 0.29) is 0 Å². The summed E-state index contributed by atoms with van der Waals surface area (Å²) in [5, 5.41) is 0. The Bertz CT molecular complexity index is 338. The molecule has 0 radical (unpaired) electrons. The van der Waals surface area contributed by atoms with Gasteiger partial charge in [-0.3, -0.25) is 4.79 Å². The second-order valence-electron chi connectivity index (χ2n) is 4.68. The maximum Gasteiger partial charge on any atom is 0.142 e. The van der Waals surface area contributed by atoms with Crippen LogP contribution in [0.4, 0.5) is 0 Å². The summed E-state index contributed by atoms with van der Waals surface area (Å²) >= 11 is 0. The molecule has 1 aliphatic carbocycles. The van der Waals surface area contributed by atoms with Crippen molar-refractivity contribution in [1.29, 1.82) is 0 Å². The summed E-state index contributed by atoms with van der Waals surface area (Å²) in [6.45, 7) is 6.57. The molecule has 0 heterocycles. The molecule has 88 valence electrons. The van der Waals surface area contributed by atoms with Crippen LogP contribution in [-0.4, -0.2) is 6.29 Å². The van der Waals surface area contributed by atoms with E-state index in [9.17, 15) is 4.79 Å². The average Bonchev–Trinajstić information content (AvgIpc) is 2.29. The van der Waals surface area contributed by atoms with Gasteiger partial charge in [-0.1, -0.05) is 17.2 Å². The first-order chi connectivity index (χ1) is 7.66. The maximum absolute atomic E-state index is 10.3. The molecule has 16 heavy (non-hydrogen) atoms. The first kappa shape index (κ1) is 13.0. The normalized spacial score (nSPS) is 16.7. The highest BCUT2D eigenvalue weighted by molar-refractivity contribution is 5.64. The Hall–Kier alpha value is -1.11.